The fraction of sp³-hybridized carbons (Fsp3) is 0.148. The van der Waals surface area contributed by atoms with Crippen LogP contribution in [0.3, 0.4) is 0 Å². The molecular weight excluding hydrogens is 654 g/mol. The number of hydrazone groups is 1. The molecule has 0 atom stereocenters. The topological polar surface area (TPSA) is 52.1 Å². The van der Waals surface area contributed by atoms with Gasteiger partial charge in [-0.05, 0) is 96.9 Å². The molecule has 4 aromatic carbocycles. The number of fused-ring (bicyclic) bond motifs is 1. The van der Waals surface area contributed by atoms with Crippen molar-refractivity contribution in [3.05, 3.63) is 96.6 Å². The quantitative estimate of drug-likeness (QED) is 0.121. The number of benzene rings is 4. The molecule has 1 N–H and O–H groups in total. The van der Waals surface area contributed by atoms with Crippen molar-refractivity contribution >= 4 is 62.2 Å². The highest BCUT2D eigenvalue weighted by Gasteiger charge is 2.10. The van der Waals surface area contributed by atoms with E-state index in [4.69, 9.17) is 14.2 Å². The number of nitrogens with zero attached hydrogens (tertiary/aromatic N) is 1. The van der Waals surface area contributed by atoms with Crippen molar-refractivity contribution in [1.82, 2.24) is 5.43 Å². The first kappa shape index (κ1) is 24.6. The summed E-state index contributed by atoms with van der Waals surface area (Å²) in [5.74, 6) is 2.31. The van der Waals surface area contributed by atoms with E-state index in [0.29, 0.717) is 24.7 Å². The summed E-state index contributed by atoms with van der Waals surface area (Å²) in [6.45, 7) is 1.10. The first-order valence-electron chi connectivity index (χ1n) is 10.6. The van der Waals surface area contributed by atoms with E-state index in [1.54, 1.807) is 14.2 Å². The Kier molecular flexibility index (Phi) is 8.49. The Balaban J connectivity index is 1.40. The number of ether oxygens (including phenoxy) is 3. The molecule has 0 amide bonds. The van der Waals surface area contributed by atoms with Crippen LogP contribution < -0.4 is 19.6 Å². The Labute approximate surface area is 226 Å². The van der Waals surface area contributed by atoms with Crippen LogP contribution in [-0.2, 0) is 13.2 Å². The van der Waals surface area contributed by atoms with Crippen LogP contribution in [0.5, 0.6) is 17.2 Å². The van der Waals surface area contributed by atoms with E-state index in [1.165, 1.54) is 16.3 Å². The Morgan fingerprint density at radius 2 is 1.59 bits per heavy atom. The van der Waals surface area contributed by atoms with E-state index in [1.807, 2.05) is 24.4 Å². The van der Waals surface area contributed by atoms with Gasteiger partial charge in [0.05, 0.1) is 34.1 Å². The number of hydrogen-bond acceptors (Lipinski definition) is 5. The maximum atomic E-state index is 6.24. The van der Waals surface area contributed by atoms with Crippen LogP contribution in [0.4, 0.5) is 0 Å². The Morgan fingerprint density at radius 3 is 2.35 bits per heavy atom. The third-order valence-electron chi connectivity index (χ3n) is 5.31. The minimum Gasteiger partial charge on any atom is -0.493 e. The smallest absolute Gasteiger partial charge is 0.161 e. The Bertz CT molecular complexity index is 1300. The molecule has 0 radical (unpaired) electrons. The SMILES string of the molecule is COc1ccc(CN/N=C/c2cc(I)c(OCc3cccc4ccccc34)c(I)c2)cc1OC. The predicted octanol–water partition coefficient (Wildman–Crippen LogP) is 6.77. The van der Waals surface area contributed by atoms with Gasteiger partial charge in [0.15, 0.2) is 11.5 Å². The van der Waals surface area contributed by atoms with E-state index in [0.717, 1.165) is 24.0 Å². The van der Waals surface area contributed by atoms with Gasteiger partial charge in [-0.1, -0.05) is 48.5 Å². The third kappa shape index (κ3) is 5.93. The third-order valence-corrected chi connectivity index (χ3v) is 6.91. The van der Waals surface area contributed by atoms with Crippen molar-refractivity contribution < 1.29 is 14.2 Å². The van der Waals surface area contributed by atoms with Crippen molar-refractivity contribution in [1.29, 1.82) is 0 Å². The highest BCUT2D eigenvalue weighted by Crippen LogP contribution is 2.30. The Morgan fingerprint density at radius 1 is 0.853 bits per heavy atom. The molecule has 0 aliphatic carbocycles. The lowest BCUT2D eigenvalue weighted by molar-refractivity contribution is 0.303. The van der Waals surface area contributed by atoms with Crippen LogP contribution in [0.15, 0.2) is 77.9 Å². The lowest BCUT2D eigenvalue weighted by Gasteiger charge is -2.13. The number of nitrogens with one attached hydrogen (secondary N) is 1. The molecular formula is C27H24I2N2O3. The molecule has 0 saturated carbocycles. The van der Waals surface area contributed by atoms with Gasteiger partial charge in [0.25, 0.3) is 0 Å². The number of hydrogen-bond donors (Lipinski definition) is 1. The lowest BCUT2D eigenvalue weighted by atomic mass is 10.1. The number of halogens is 2. The first-order valence-corrected chi connectivity index (χ1v) is 12.8. The minimum absolute atomic E-state index is 0.521. The molecule has 0 heterocycles. The van der Waals surface area contributed by atoms with Crippen molar-refractivity contribution in [2.45, 2.75) is 13.2 Å². The van der Waals surface area contributed by atoms with E-state index < -0.39 is 0 Å². The second-order valence-electron chi connectivity index (χ2n) is 7.52. The highest BCUT2D eigenvalue weighted by molar-refractivity contribution is 14.1. The summed E-state index contributed by atoms with van der Waals surface area (Å²) in [5, 5.41) is 6.82. The summed E-state index contributed by atoms with van der Waals surface area (Å²) in [4.78, 5) is 0. The zero-order valence-corrected chi connectivity index (χ0v) is 23.2. The summed E-state index contributed by atoms with van der Waals surface area (Å²) in [6.07, 6.45) is 1.82. The van der Waals surface area contributed by atoms with Gasteiger partial charge in [0.2, 0.25) is 0 Å². The molecule has 0 bridgehead atoms. The van der Waals surface area contributed by atoms with Gasteiger partial charge in [-0.25, -0.2) is 0 Å². The van der Waals surface area contributed by atoms with Crippen LogP contribution in [-0.4, -0.2) is 20.4 Å². The second kappa shape index (κ2) is 11.7. The molecule has 7 heteroatoms. The highest BCUT2D eigenvalue weighted by atomic mass is 127. The van der Waals surface area contributed by atoms with Gasteiger partial charge in [-0.2, -0.15) is 5.10 Å². The summed E-state index contributed by atoms with van der Waals surface area (Å²) in [5.41, 5.74) is 6.33. The Hall–Kier alpha value is -2.53. The monoisotopic (exact) mass is 678 g/mol. The van der Waals surface area contributed by atoms with Crippen LogP contribution in [0, 0.1) is 7.14 Å². The fourth-order valence-corrected chi connectivity index (χ4v) is 5.74. The molecule has 0 fully saturated rings. The molecule has 0 aliphatic rings. The standard InChI is InChI=1S/C27H24I2N2O3/c1-32-25-11-10-18(14-26(25)33-2)15-30-31-16-19-12-23(28)27(24(29)13-19)34-17-21-8-5-7-20-6-3-4-9-22(20)21/h3-14,16,30H,15,17H2,1-2H3/b31-16+. The van der Waals surface area contributed by atoms with E-state index in [-0.39, 0.29) is 0 Å². The predicted molar refractivity (Wildman–Crippen MR) is 154 cm³/mol. The molecule has 0 aliphatic heterocycles. The minimum atomic E-state index is 0.521. The van der Waals surface area contributed by atoms with E-state index in [9.17, 15) is 0 Å². The largest absolute Gasteiger partial charge is 0.493 e. The lowest BCUT2D eigenvalue weighted by Crippen LogP contribution is -2.06. The van der Waals surface area contributed by atoms with Gasteiger partial charge >= 0.3 is 0 Å². The number of methoxy groups -OCH3 is 2. The summed E-state index contributed by atoms with van der Waals surface area (Å²) in [6, 6.07) is 24.7. The van der Waals surface area contributed by atoms with Crippen molar-refractivity contribution in [3.63, 3.8) is 0 Å². The van der Waals surface area contributed by atoms with Crippen LogP contribution >= 0.6 is 45.2 Å². The molecule has 174 valence electrons. The van der Waals surface area contributed by atoms with Gasteiger partial charge in [-0.15, -0.1) is 0 Å². The average molecular weight is 678 g/mol. The van der Waals surface area contributed by atoms with Crippen LogP contribution in [0.25, 0.3) is 10.8 Å². The summed E-state index contributed by atoms with van der Waals surface area (Å²) < 4.78 is 19.0. The zero-order chi connectivity index (χ0) is 23.9. The summed E-state index contributed by atoms with van der Waals surface area (Å²) >= 11 is 4.64. The van der Waals surface area contributed by atoms with Crippen LogP contribution in [0.2, 0.25) is 0 Å². The van der Waals surface area contributed by atoms with E-state index in [2.05, 4.69) is 110 Å². The molecule has 0 aromatic heterocycles. The summed E-state index contributed by atoms with van der Waals surface area (Å²) in [7, 11) is 3.26. The van der Waals surface area contributed by atoms with Crippen molar-refractivity contribution in [3.8, 4) is 17.2 Å². The van der Waals surface area contributed by atoms with Gasteiger partial charge in [0, 0.05) is 0 Å². The van der Waals surface area contributed by atoms with Gasteiger partial charge < -0.3 is 19.6 Å². The van der Waals surface area contributed by atoms with Crippen molar-refractivity contribution in [2.24, 2.45) is 5.10 Å². The maximum absolute atomic E-state index is 6.24. The van der Waals surface area contributed by atoms with Gasteiger partial charge in [0.1, 0.15) is 12.4 Å². The molecule has 0 saturated heterocycles. The van der Waals surface area contributed by atoms with Crippen LogP contribution in [0.1, 0.15) is 16.7 Å². The fourth-order valence-electron chi connectivity index (χ4n) is 3.61. The van der Waals surface area contributed by atoms with Gasteiger partial charge in [-0.3, -0.25) is 0 Å². The average Bonchev–Trinajstić information content (AvgIpc) is 2.86. The first-order chi connectivity index (χ1) is 16.6. The molecule has 0 spiro atoms. The van der Waals surface area contributed by atoms with Crippen molar-refractivity contribution in [2.75, 3.05) is 14.2 Å². The molecule has 4 aromatic rings. The normalized spacial score (nSPS) is 11.1. The molecule has 5 nitrogen and oxygen atoms in total. The molecule has 34 heavy (non-hydrogen) atoms. The molecule has 0 unspecified atom stereocenters. The zero-order valence-electron chi connectivity index (χ0n) is 18.8. The second-order valence-corrected chi connectivity index (χ2v) is 9.85. The number of rotatable bonds is 9. The maximum Gasteiger partial charge on any atom is 0.161 e. The molecule has 4 rings (SSSR count). The van der Waals surface area contributed by atoms with E-state index >= 15 is 0 Å².